The van der Waals surface area contributed by atoms with Gasteiger partial charge >= 0.3 is 0 Å². The standard InChI is InChI=1S/C30H30Cl2N6O2/c31-23-14-34-15-24(32)28(23)30(40)37-25-6-3-10-35-26(25)17-38(16-21-9-8-19(13-33)12-22(21)18-39)27-7-1-4-20-5-2-11-36-29(20)27/h2-3,5-6,8-12,14-15,27,39H,1,4,7,13,16-18,33H2,(H,37,40)/t27-/m0/s1. The summed E-state index contributed by atoms with van der Waals surface area (Å²) in [5.74, 6) is -0.442. The van der Waals surface area contributed by atoms with Crippen LogP contribution in [0.1, 0.15) is 62.9 Å². The van der Waals surface area contributed by atoms with Gasteiger partial charge in [0.25, 0.3) is 5.91 Å². The molecule has 0 bridgehead atoms. The fraction of sp³-hybridized carbons (Fsp3) is 0.267. The number of nitrogens with two attached hydrogens (primary N) is 1. The van der Waals surface area contributed by atoms with Crippen molar-refractivity contribution in [2.24, 2.45) is 5.73 Å². The highest BCUT2D eigenvalue weighted by Gasteiger charge is 2.29. The number of pyridine rings is 3. The second kappa shape index (κ2) is 12.8. The van der Waals surface area contributed by atoms with Crippen LogP contribution in [0.3, 0.4) is 0 Å². The predicted octanol–water partition coefficient (Wildman–Crippen LogP) is 5.46. The molecule has 0 saturated heterocycles. The summed E-state index contributed by atoms with van der Waals surface area (Å²) in [4.78, 5) is 28.9. The van der Waals surface area contributed by atoms with Gasteiger partial charge in [0.1, 0.15) is 0 Å². The van der Waals surface area contributed by atoms with E-state index in [1.54, 1.807) is 12.3 Å². The maximum absolute atomic E-state index is 13.2. The summed E-state index contributed by atoms with van der Waals surface area (Å²) < 4.78 is 0. The average molecular weight is 578 g/mol. The first kappa shape index (κ1) is 28.1. The van der Waals surface area contributed by atoms with Crippen LogP contribution in [0.2, 0.25) is 10.0 Å². The van der Waals surface area contributed by atoms with E-state index in [0.717, 1.165) is 41.6 Å². The highest BCUT2D eigenvalue weighted by Crippen LogP contribution is 2.36. The van der Waals surface area contributed by atoms with E-state index in [9.17, 15) is 9.90 Å². The molecule has 1 aromatic carbocycles. The minimum Gasteiger partial charge on any atom is -0.392 e. The number of carbonyl (C=O) groups is 1. The number of halogens is 2. The van der Waals surface area contributed by atoms with E-state index in [2.05, 4.69) is 26.3 Å². The van der Waals surface area contributed by atoms with Crippen molar-refractivity contribution in [2.45, 2.75) is 51.5 Å². The third-order valence-electron chi connectivity index (χ3n) is 7.23. The van der Waals surface area contributed by atoms with E-state index in [1.165, 1.54) is 18.0 Å². The van der Waals surface area contributed by atoms with Gasteiger partial charge in [-0.25, -0.2) is 0 Å². The van der Waals surface area contributed by atoms with Crippen LogP contribution < -0.4 is 11.1 Å². The van der Waals surface area contributed by atoms with Crippen molar-refractivity contribution < 1.29 is 9.90 Å². The lowest BCUT2D eigenvalue weighted by Crippen LogP contribution is -2.32. The van der Waals surface area contributed by atoms with Gasteiger partial charge in [-0.05, 0) is 59.7 Å². The summed E-state index contributed by atoms with van der Waals surface area (Å²) in [5, 5.41) is 13.4. The molecule has 206 valence electrons. The van der Waals surface area contributed by atoms with Crippen molar-refractivity contribution >= 4 is 34.8 Å². The van der Waals surface area contributed by atoms with E-state index in [4.69, 9.17) is 33.9 Å². The molecule has 40 heavy (non-hydrogen) atoms. The molecular formula is C30H30Cl2N6O2. The van der Waals surface area contributed by atoms with Crippen LogP contribution >= 0.6 is 23.2 Å². The number of carbonyl (C=O) groups excluding carboxylic acids is 1. The Kier molecular flexibility index (Phi) is 9.04. The van der Waals surface area contributed by atoms with Gasteiger partial charge in [0.05, 0.1) is 45.3 Å². The molecule has 3 heterocycles. The Morgan fingerprint density at radius 3 is 2.60 bits per heavy atom. The van der Waals surface area contributed by atoms with Crippen molar-refractivity contribution in [1.29, 1.82) is 0 Å². The first-order chi connectivity index (χ1) is 19.5. The molecule has 1 aliphatic rings. The quantitative estimate of drug-likeness (QED) is 0.242. The third-order valence-corrected chi connectivity index (χ3v) is 7.80. The van der Waals surface area contributed by atoms with Gasteiger partial charge in [-0.3, -0.25) is 24.6 Å². The number of aliphatic hydroxyl groups is 1. The number of rotatable bonds is 9. The molecule has 10 heteroatoms. The van der Waals surface area contributed by atoms with Crippen LogP contribution in [0.4, 0.5) is 5.69 Å². The molecule has 1 atom stereocenters. The lowest BCUT2D eigenvalue weighted by Gasteiger charge is -2.35. The maximum Gasteiger partial charge on any atom is 0.258 e. The Morgan fingerprint density at radius 1 is 1.05 bits per heavy atom. The number of aryl methyl sites for hydroxylation is 1. The van der Waals surface area contributed by atoms with E-state index < -0.39 is 5.91 Å². The zero-order chi connectivity index (χ0) is 28.1. The summed E-state index contributed by atoms with van der Waals surface area (Å²) in [7, 11) is 0. The zero-order valence-corrected chi connectivity index (χ0v) is 23.4. The minimum atomic E-state index is -0.442. The van der Waals surface area contributed by atoms with Crippen LogP contribution in [0.5, 0.6) is 0 Å². The highest BCUT2D eigenvalue weighted by atomic mass is 35.5. The molecule has 8 nitrogen and oxygen atoms in total. The molecule has 4 aromatic rings. The number of benzene rings is 1. The normalized spacial score (nSPS) is 14.7. The van der Waals surface area contributed by atoms with Crippen LogP contribution in [0.25, 0.3) is 0 Å². The summed E-state index contributed by atoms with van der Waals surface area (Å²) in [6, 6.07) is 13.7. The van der Waals surface area contributed by atoms with E-state index in [1.807, 2.05) is 36.5 Å². The summed E-state index contributed by atoms with van der Waals surface area (Å²) >= 11 is 12.5. The van der Waals surface area contributed by atoms with E-state index >= 15 is 0 Å². The van der Waals surface area contributed by atoms with Crippen molar-refractivity contribution in [2.75, 3.05) is 5.32 Å². The number of aromatic nitrogens is 3. The van der Waals surface area contributed by atoms with Crippen molar-refractivity contribution in [3.8, 4) is 0 Å². The van der Waals surface area contributed by atoms with Gasteiger partial charge in [-0.1, -0.05) is 47.5 Å². The second-order valence-electron chi connectivity index (χ2n) is 9.76. The van der Waals surface area contributed by atoms with Gasteiger partial charge in [0.2, 0.25) is 0 Å². The first-order valence-electron chi connectivity index (χ1n) is 13.1. The Hall–Kier alpha value is -3.40. The molecule has 1 aliphatic carbocycles. The number of nitrogens with zero attached hydrogens (tertiary/aromatic N) is 4. The van der Waals surface area contributed by atoms with E-state index in [-0.39, 0.29) is 28.3 Å². The molecule has 3 aromatic heterocycles. The highest BCUT2D eigenvalue weighted by molar-refractivity contribution is 6.40. The summed E-state index contributed by atoms with van der Waals surface area (Å²) in [6.07, 6.45) is 9.25. The minimum absolute atomic E-state index is 0.0281. The van der Waals surface area contributed by atoms with Crippen LogP contribution in [-0.2, 0) is 32.7 Å². The Balaban J connectivity index is 1.50. The smallest absolute Gasteiger partial charge is 0.258 e. The van der Waals surface area contributed by atoms with Crippen LogP contribution in [0, 0.1) is 0 Å². The molecular weight excluding hydrogens is 547 g/mol. The monoisotopic (exact) mass is 576 g/mol. The van der Waals surface area contributed by atoms with Gasteiger partial charge in [-0.2, -0.15) is 0 Å². The molecule has 0 fully saturated rings. The number of hydrogen-bond donors (Lipinski definition) is 3. The lowest BCUT2D eigenvalue weighted by atomic mass is 9.90. The summed E-state index contributed by atoms with van der Waals surface area (Å²) in [5.41, 5.74) is 12.3. The van der Waals surface area contributed by atoms with Crippen molar-refractivity contribution in [3.63, 3.8) is 0 Å². The van der Waals surface area contributed by atoms with E-state index in [0.29, 0.717) is 31.0 Å². The Bertz CT molecular complexity index is 1500. The summed E-state index contributed by atoms with van der Waals surface area (Å²) in [6.45, 7) is 1.29. The fourth-order valence-corrected chi connectivity index (χ4v) is 5.76. The zero-order valence-electron chi connectivity index (χ0n) is 21.9. The number of aliphatic hydroxyl groups excluding tert-OH is 1. The van der Waals surface area contributed by atoms with Gasteiger partial charge in [-0.15, -0.1) is 0 Å². The third kappa shape index (κ3) is 6.16. The SMILES string of the molecule is NCc1ccc(CN(Cc2ncccc2NC(=O)c2c(Cl)cncc2Cl)[C@H]2CCCc3cccnc32)c(CO)c1. The van der Waals surface area contributed by atoms with Gasteiger partial charge in [0.15, 0.2) is 0 Å². The topological polar surface area (TPSA) is 117 Å². The molecule has 4 N–H and O–H groups in total. The first-order valence-corrected chi connectivity index (χ1v) is 13.9. The fourth-order valence-electron chi connectivity index (χ4n) is 5.23. The molecule has 0 spiro atoms. The molecule has 5 rings (SSSR count). The largest absolute Gasteiger partial charge is 0.392 e. The average Bonchev–Trinajstić information content (AvgIpc) is 2.97. The maximum atomic E-state index is 13.2. The number of hydrogen-bond acceptors (Lipinski definition) is 7. The molecule has 0 aliphatic heterocycles. The van der Waals surface area contributed by atoms with Crippen LogP contribution in [0.15, 0.2) is 67.3 Å². The molecule has 0 unspecified atom stereocenters. The second-order valence-corrected chi connectivity index (χ2v) is 10.6. The molecule has 0 saturated carbocycles. The Morgan fingerprint density at radius 2 is 1.82 bits per heavy atom. The number of fused-ring (bicyclic) bond motifs is 1. The Labute approximate surface area is 243 Å². The van der Waals surface area contributed by atoms with Crippen LogP contribution in [-0.4, -0.2) is 30.9 Å². The number of anilines is 1. The number of nitrogens with one attached hydrogen (secondary N) is 1. The van der Waals surface area contributed by atoms with Crippen molar-refractivity contribution in [1.82, 2.24) is 19.9 Å². The van der Waals surface area contributed by atoms with Gasteiger partial charge < -0.3 is 16.2 Å². The molecule has 1 amide bonds. The predicted molar refractivity (Wildman–Crippen MR) is 156 cm³/mol. The molecule has 0 radical (unpaired) electrons. The van der Waals surface area contributed by atoms with Gasteiger partial charge in [0, 0.05) is 44.4 Å². The lowest BCUT2D eigenvalue weighted by molar-refractivity contribution is 0.102. The number of amides is 1. The van der Waals surface area contributed by atoms with Crippen molar-refractivity contribution in [3.05, 3.63) is 117 Å².